The molecular weight excluding hydrogens is 231 g/mol. The zero-order chi connectivity index (χ0) is 12.4. The standard InChI is InChI=1S/C11H14F3N3/c12-8-5-9(13)10(14)11(15)7(8)6-17-3-1-16-2-4-17/h5,16H,1-4,6,15H2. The van der Waals surface area contributed by atoms with Crippen LogP contribution in [0.3, 0.4) is 0 Å². The van der Waals surface area contributed by atoms with Gasteiger partial charge >= 0.3 is 0 Å². The van der Waals surface area contributed by atoms with E-state index < -0.39 is 23.1 Å². The molecule has 0 atom stereocenters. The molecule has 3 nitrogen and oxygen atoms in total. The summed E-state index contributed by atoms with van der Waals surface area (Å²) >= 11 is 0. The Labute approximate surface area is 97.4 Å². The summed E-state index contributed by atoms with van der Waals surface area (Å²) in [5, 5.41) is 3.15. The van der Waals surface area contributed by atoms with Crippen molar-refractivity contribution in [1.82, 2.24) is 10.2 Å². The smallest absolute Gasteiger partial charge is 0.182 e. The highest BCUT2D eigenvalue weighted by atomic mass is 19.2. The van der Waals surface area contributed by atoms with Gasteiger partial charge in [0, 0.05) is 44.4 Å². The third-order valence-corrected chi connectivity index (χ3v) is 2.90. The lowest BCUT2D eigenvalue weighted by Gasteiger charge is -2.27. The Kier molecular flexibility index (Phi) is 3.54. The average Bonchev–Trinajstić information content (AvgIpc) is 2.33. The number of piperazine rings is 1. The summed E-state index contributed by atoms with van der Waals surface area (Å²) in [6.45, 7) is 3.27. The zero-order valence-corrected chi connectivity index (χ0v) is 9.27. The first-order valence-corrected chi connectivity index (χ1v) is 5.44. The first-order chi connectivity index (χ1) is 8.09. The van der Waals surface area contributed by atoms with Crippen molar-refractivity contribution >= 4 is 5.69 Å². The van der Waals surface area contributed by atoms with E-state index in [2.05, 4.69) is 5.32 Å². The fourth-order valence-corrected chi connectivity index (χ4v) is 1.91. The lowest BCUT2D eigenvalue weighted by Crippen LogP contribution is -2.43. The van der Waals surface area contributed by atoms with Crippen molar-refractivity contribution in [2.75, 3.05) is 31.9 Å². The molecule has 17 heavy (non-hydrogen) atoms. The largest absolute Gasteiger partial charge is 0.396 e. The highest BCUT2D eigenvalue weighted by Gasteiger charge is 2.19. The van der Waals surface area contributed by atoms with Gasteiger partial charge in [0.1, 0.15) is 5.82 Å². The average molecular weight is 245 g/mol. The van der Waals surface area contributed by atoms with E-state index in [9.17, 15) is 13.2 Å². The van der Waals surface area contributed by atoms with Crippen molar-refractivity contribution < 1.29 is 13.2 Å². The molecule has 1 saturated heterocycles. The Morgan fingerprint density at radius 1 is 1.18 bits per heavy atom. The number of nitrogens with one attached hydrogen (secondary N) is 1. The second-order valence-corrected chi connectivity index (χ2v) is 4.07. The molecule has 1 heterocycles. The molecule has 2 rings (SSSR count). The summed E-state index contributed by atoms with van der Waals surface area (Å²) in [6.07, 6.45) is 0. The first kappa shape index (κ1) is 12.2. The van der Waals surface area contributed by atoms with Crippen LogP contribution in [-0.2, 0) is 6.54 Å². The normalized spacial score (nSPS) is 17.4. The minimum atomic E-state index is -1.25. The van der Waals surface area contributed by atoms with E-state index in [1.807, 2.05) is 4.90 Å². The topological polar surface area (TPSA) is 41.3 Å². The van der Waals surface area contributed by atoms with Gasteiger partial charge in [0.15, 0.2) is 11.6 Å². The number of rotatable bonds is 2. The number of halogens is 3. The Balaban J connectivity index is 2.22. The molecule has 0 bridgehead atoms. The molecule has 0 saturated carbocycles. The summed E-state index contributed by atoms with van der Waals surface area (Å²) < 4.78 is 39.6. The van der Waals surface area contributed by atoms with Crippen molar-refractivity contribution in [2.24, 2.45) is 0 Å². The molecule has 1 aliphatic rings. The van der Waals surface area contributed by atoms with Crippen molar-refractivity contribution in [3.63, 3.8) is 0 Å². The van der Waals surface area contributed by atoms with Crippen LogP contribution >= 0.6 is 0 Å². The van der Waals surface area contributed by atoms with Crippen molar-refractivity contribution in [1.29, 1.82) is 0 Å². The van der Waals surface area contributed by atoms with Gasteiger partial charge in [-0.15, -0.1) is 0 Å². The van der Waals surface area contributed by atoms with Crippen molar-refractivity contribution in [2.45, 2.75) is 6.54 Å². The number of hydrogen-bond donors (Lipinski definition) is 2. The van der Waals surface area contributed by atoms with Crippen LogP contribution in [0.5, 0.6) is 0 Å². The van der Waals surface area contributed by atoms with Crippen LogP contribution in [0.1, 0.15) is 5.56 Å². The van der Waals surface area contributed by atoms with Crippen LogP contribution in [0.2, 0.25) is 0 Å². The minimum Gasteiger partial charge on any atom is -0.396 e. The maximum Gasteiger partial charge on any atom is 0.182 e. The van der Waals surface area contributed by atoms with Gasteiger partial charge in [0.25, 0.3) is 0 Å². The number of benzene rings is 1. The lowest BCUT2D eigenvalue weighted by molar-refractivity contribution is 0.230. The summed E-state index contributed by atoms with van der Waals surface area (Å²) in [5.74, 6) is -3.21. The highest BCUT2D eigenvalue weighted by Crippen LogP contribution is 2.24. The van der Waals surface area contributed by atoms with Gasteiger partial charge in [-0.3, -0.25) is 4.90 Å². The SMILES string of the molecule is Nc1c(F)c(F)cc(F)c1CN1CCNCC1. The Morgan fingerprint density at radius 3 is 2.47 bits per heavy atom. The van der Waals surface area contributed by atoms with Crippen LogP contribution in [0.15, 0.2) is 6.07 Å². The number of nitrogens with zero attached hydrogens (tertiary/aromatic N) is 1. The summed E-state index contributed by atoms with van der Waals surface area (Å²) in [4.78, 5) is 1.95. The molecule has 3 N–H and O–H groups in total. The molecular formula is C11H14F3N3. The number of nitrogens with two attached hydrogens (primary N) is 1. The van der Waals surface area contributed by atoms with E-state index in [4.69, 9.17) is 5.73 Å². The third-order valence-electron chi connectivity index (χ3n) is 2.90. The molecule has 1 fully saturated rings. The molecule has 6 heteroatoms. The van der Waals surface area contributed by atoms with Crippen LogP contribution in [0.4, 0.5) is 18.9 Å². The van der Waals surface area contributed by atoms with E-state index in [-0.39, 0.29) is 12.1 Å². The van der Waals surface area contributed by atoms with Crippen LogP contribution in [-0.4, -0.2) is 31.1 Å². The summed E-state index contributed by atoms with van der Waals surface area (Å²) in [7, 11) is 0. The quantitative estimate of drug-likeness (QED) is 0.605. The molecule has 1 aliphatic heterocycles. The Morgan fingerprint density at radius 2 is 1.82 bits per heavy atom. The van der Waals surface area contributed by atoms with Crippen LogP contribution in [0, 0.1) is 17.5 Å². The second kappa shape index (κ2) is 4.93. The van der Waals surface area contributed by atoms with Crippen molar-refractivity contribution in [3.8, 4) is 0 Å². The van der Waals surface area contributed by atoms with Gasteiger partial charge in [-0.1, -0.05) is 0 Å². The fourth-order valence-electron chi connectivity index (χ4n) is 1.91. The van der Waals surface area contributed by atoms with E-state index in [1.165, 1.54) is 0 Å². The lowest BCUT2D eigenvalue weighted by atomic mass is 10.1. The highest BCUT2D eigenvalue weighted by molar-refractivity contribution is 5.49. The Hall–Kier alpha value is -1.27. The molecule has 0 spiro atoms. The summed E-state index contributed by atoms with van der Waals surface area (Å²) in [5.41, 5.74) is 5.01. The first-order valence-electron chi connectivity index (χ1n) is 5.44. The molecule has 0 aliphatic carbocycles. The van der Waals surface area contributed by atoms with Gasteiger partial charge in [0.2, 0.25) is 0 Å². The van der Waals surface area contributed by atoms with E-state index in [1.54, 1.807) is 0 Å². The van der Waals surface area contributed by atoms with Crippen LogP contribution < -0.4 is 11.1 Å². The molecule has 1 aromatic rings. The number of nitrogen functional groups attached to an aromatic ring is 1. The van der Waals surface area contributed by atoms with Gasteiger partial charge in [-0.05, 0) is 0 Å². The maximum atomic E-state index is 13.5. The van der Waals surface area contributed by atoms with Crippen molar-refractivity contribution in [3.05, 3.63) is 29.1 Å². The molecule has 94 valence electrons. The van der Waals surface area contributed by atoms with E-state index in [0.717, 1.165) is 26.2 Å². The molecule has 0 aromatic heterocycles. The third kappa shape index (κ3) is 2.53. The van der Waals surface area contributed by atoms with Gasteiger partial charge in [0.05, 0.1) is 5.69 Å². The number of hydrogen-bond acceptors (Lipinski definition) is 3. The van der Waals surface area contributed by atoms with Crippen LogP contribution in [0.25, 0.3) is 0 Å². The van der Waals surface area contributed by atoms with Gasteiger partial charge in [-0.25, -0.2) is 13.2 Å². The predicted octanol–water partition coefficient (Wildman–Crippen LogP) is 1.09. The molecule has 0 radical (unpaired) electrons. The van der Waals surface area contributed by atoms with Gasteiger partial charge < -0.3 is 11.1 Å². The van der Waals surface area contributed by atoms with E-state index in [0.29, 0.717) is 6.07 Å². The van der Waals surface area contributed by atoms with Gasteiger partial charge in [-0.2, -0.15) is 0 Å². The predicted molar refractivity (Wildman–Crippen MR) is 58.9 cm³/mol. The van der Waals surface area contributed by atoms with E-state index >= 15 is 0 Å². The molecule has 0 unspecified atom stereocenters. The summed E-state index contributed by atoms with van der Waals surface area (Å²) in [6, 6.07) is 0.545. The fraction of sp³-hybridized carbons (Fsp3) is 0.455. The maximum absolute atomic E-state index is 13.5. The second-order valence-electron chi connectivity index (χ2n) is 4.07. The number of anilines is 1. The molecule has 1 aromatic carbocycles. The zero-order valence-electron chi connectivity index (χ0n) is 9.27. The minimum absolute atomic E-state index is 0.0331. The Bertz CT molecular complexity index is 417. The monoisotopic (exact) mass is 245 g/mol. The molecule has 0 amide bonds.